The van der Waals surface area contributed by atoms with E-state index >= 15 is 0 Å². The number of urea groups is 1. The summed E-state index contributed by atoms with van der Waals surface area (Å²) in [5.74, 6) is 0.351. The van der Waals surface area contributed by atoms with Crippen LogP contribution in [0.25, 0.3) is 0 Å². The van der Waals surface area contributed by atoms with Crippen LogP contribution in [0.1, 0.15) is 12.0 Å². The molecule has 1 aromatic carbocycles. The predicted molar refractivity (Wildman–Crippen MR) is 97.7 cm³/mol. The van der Waals surface area contributed by atoms with Gasteiger partial charge in [0.15, 0.2) is 12.0 Å². The van der Waals surface area contributed by atoms with Crippen LogP contribution in [0.5, 0.6) is 0 Å². The SMILES string of the molecule is COCCN=C1NC2C(C(=O)NC(=O)N2C)N1CCCc1ccccc1. The van der Waals surface area contributed by atoms with E-state index in [-0.39, 0.29) is 5.91 Å². The van der Waals surface area contributed by atoms with E-state index in [1.165, 1.54) is 10.5 Å². The van der Waals surface area contributed by atoms with Crippen molar-refractivity contribution in [1.29, 1.82) is 0 Å². The number of guanidine groups is 1. The maximum absolute atomic E-state index is 12.4. The Bertz CT molecular complexity index is 679. The largest absolute Gasteiger partial charge is 0.383 e. The van der Waals surface area contributed by atoms with Gasteiger partial charge in [0.2, 0.25) is 0 Å². The van der Waals surface area contributed by atoms with E-state index in [9.17, 15) is 9.59 Å². The van der Waals surface area contributed by atoms with Crippen molar-refractivity contribution in [3.63, 3.8) is 0 Å². The summed E-state index contributed by atoms with van der Waals surface area (Å²) >= 11 is 0. The van der Waals surface area contributed by atoms with Crippen LogP contribution in [0.4, 0.5) is 4.79 Å². The highest BCUT2D eigenvalue weighted by Crippen LogP contribution is 2.21. The molecule has 1 aromatic rings. The molecule has 2 N–H and O–H groups in total. The minimum absolute atomic E-state index is 0.290. The lowest BCUT2D eigenvalue weighted by atomic mass is 10.1. The molecule has 2 aliphatic heterocycles. The van der Waals surface area contributed by atoms with Gasteiger partial charge in [-0.1, -0.05) is 30.3 Å². The number of rotatable bonds is 7. The summed E-state index contributed by atoms with van der Waals surface area (Å²) in [6.07, 6.45) is 1.38. The molecule has 3 rings (SSSR count). The fraction of sp³-hybridized carbons (Fsp3) is 0.500. The van der Waals surface area contributed by atoms with Gasteiger partial charge in [0.1, 0.15) is 6.17 Å². The number of fused-ring (bicyclic) bond motifs is 1. The molecule has 0 bridgehead atoms. The molecule has 8 nitrogen and oxygen atoms in total. The number of carbonyl (C=O) groups is 2. The van der Waals surface area contributed by atoms with Crippen LogP contribution in [0, 0.1) is 0 Å². The maximum Gasteiger partial charge on any atom is 0.325 e. The molecule has 0 saturated carbocycles. The lowest BCUT2D eigenvalue weighted by molar-refractivity contribution is -0.127. The van der Waals surface area contributed by atoms with Gasteiger partial charge >= 0.3 is 6.03 Å². The molecule has 0 aromatic heterocycles. The maximum atomic E-state index is 12.4. The van der Waals surface area contributed by atoms with Gasteiger partial charge < -0.3 is 19.9 Å². The Hall–Kier alpha value is -2.61. The van der Waals surface area contributed by atoms with Crippen LogP contribution >= 0.6 is 0 Å². The van der Waals surface area contributed by atoms with Crippen LogP contribution in [-0.2, 0) is 16.0 Å². The smallest absolute Gasteiger partial charge is 0.325 e. The number of aliphatic imine (C=N–C) groups is 1. The van der Waals surface area contributed by atoms with E-state index in [1.807, 2.05) is 23.1 Å². The Labute approximate surface area is 153 Å². The summed E-state index contributed by atoms with van der Waals surface area (Å²) in [5.41, 5.74) is 1.26. The molecule has 2 heterocycles. The first kappa shape index (κ1) is 18.2. The topological polar surface area (TPSA) is 86.3 Å². The second kappa shape index (κ2) is 8.18. The molecule has 140 valence electrons. The van der Waals surface area contributed by atoms with Crippen LogP contribution < -0.4 is 10.6 Å². The van der Waals surface area contributed by atoms with Gasteiger partial charge in [-0.3, -0.25) is 15.1 Å². The summed E-state index contributed by atoms with van der Waals surface area (Å²) in [6, 6.07) is 9.36. The zero-order valence-corrected chi connectivity index (χ0v) is 15.1. The van der Waals surface area contributed by atoms with E-state index in [2.05, 4.69) is 27.8 Å². The third kappa shape index (κ3) is 3.80. The Morgan fingerprint density at radius 2 is 2.00 bits per heavy atom. The van der Waals surface area contributed by atoms with Crippen molar-refractivity contribution in [1.82, 2.24) is 20.4 Å². The van der Waals surface area contributed by atoms with Gasteiger partial charge in [-0.2, -0.15) is 0 Å². The average Bonchev–Trinajstić information content (AvgIpc) is 3.00. The number of aryl methyl sites for hydroxylation is 1. The number of carbonyl (C=O) groups excluding carboxylic acids is 2. The number of hydrogen-bond acceptors (Lipinski definition) is 4. The Kier molecular flexibility index (Phi) is 5.72. The van der Waals surface area contributed by atoms with E-state index in [0.29, 0.717) is 25.7 Å². The fourth-order valence-corrected chi connectivity index (χ4v) is 3.31. The number of amides is 3. The monoisotopic (exact) mass is 359 g/mol. The number of benzene rings is 1. The number of likely N-dealkylation sites (N-methyl/N-ethyl adjacent to an activating group) is 1. The number of nitrogens with zero attached hydrogens (tertiary/aromatic N) is 3. The highest BCUT2D eigenvalue weighted by atomic mass is 16.5. The number of hydrogen-bond donors (Lipinski definition) is 2. The van der Waals surface area contributed by atoms with Crippen molar-refractivity contribution >= 4 is 17.9 Å². The number of nitrogens with one attached hydrogen (secondary N) is 2. The quantitative estimate of drug-likeness (QED) is 0.689. The van der Waals surface area contributed by atoms with Crippen molar-refractivity contribution < 1.29 is 14.3 Å². The molecule has 2 unspecified atom stereocenters. The average molecular weight is 359 g/mol. The van der Waals surface area contributed by atoms with Crippen LogP contribution in [0.3, 0.4) is 0 Å². The van der Waals surface area contributed by atoms with E-state index in [0.717, 1.165) is 12.8 Å². The lowest BCUT2D eigenvalue weighted by Crippen LogP contribution is -2.64. The van der Waals surface area contributed by atoms with Crippen molar-refractivity contribution in [3.8, 4) is 0 Å². The van der Waals surface area contributed by atoms with Gasteiger partial charge in [0, 0.05) is 20.7 Å². The highest BCUT2D eigenvalue weighted by molar-refractivity contribution is 6.04. The van der Waals surface area contributed by atoms with E-state index in [4.69, 9.17) is 4.74 Å². The number of imide groups is 1. The molecule has 2 saturated heterocycles. The molecule has 0 aliphatic carbocycles. The van der Waals surface area contributed by atoms with Crippen molar-refractivity contribution in [2.45, 2.75) is 25.0 Å². The number of ether oxygens (including phenoxy) is 1. The van der Waals surface area contributed by atoms with Crippen molar-refractivity contribution in [3.05, 3.63) is 35.9 Å². The molecular weight excluding hydrogens is 334 g/mol. The summed E-state index contributed by atoms with van der Waals surface area (Å²) < 4.78 is 5.06. The molecule has 2 fully saturated rings. The van der Waals surface area contributed by atoms with Crippen molar-refractivity contribution in [2.75, 3.05) is 33.9 Å². The van der Waals surface area contributed by atoms with E-state index in [1.54, 1.807) is 14.2 Å². The molecule has 8 heteroatoms. The zero-order chi connectivity index (χ0) is 18.5. The molecule has 0 radical (unpaired) electrons. The van der Waals surface area contributed by atoms with E-state index < -0.39 is 18.2 Å². The van der Waals surface area contributed by atoms with Gasteiger partial charge in [0.05, 0.1) is 13.2 Å². The third-order valence-electron chi connectivity index (χ3n) is 4.68. The van der Waals surface area contributed by atoms with Crippen molar-refractivity contribution in [2.24, 2.45) is 4.99 Å². The Morgan fingerprint density at radius 1 is 1.23 bits per heavy atom. The fourth-order valence-electron chi connectivity index (χ4n) is 3.31. The summed E-state index contributed by atoms with van der Waals surface area (Å²) in [4.78, 5) is 32.3. The minimum atomic E-state index is -0.477. The van der Waals surface area contributed by atoms with Gasteiger partial charge in [-0.05, 0) is 18.4 Å². The molecule has 2 atom stereocenters. The van der Waals surface area contributed by atoms with Crippen LogP contribution in [0.2, 0.25) is 0 Å². The number of methoxy groups -OCH3 is 1. The zero-order valence-electron chi connectivity index (χ0n) is 15.1. The first-order chi connectivity index (χ1) is 12.6. The normalized spacial score (nSPS) is 23.8. The standard InChI is InChI=1S/C18H25N5O3/c1-22-15-14(16(24)21-18(22)25)23(17(20-15)19-10-12-26-2)11-6-9-13-7-4-3-5-8-13/h3-5,7-8,14-15H,6,9-12H2,1-2H3,(H,19,20)(H,21,24,25). The summed E-state index contributed by atoms with van der Waals surface area (Å²) in [5, 5.41) is 5.64. The first-order valence-electron chi connectivity index (χ1n) is 8.80. The predicted octanol–water partition coefficient (Wildman–Crippen LogP) is 0.403. The van der Waals surface area contributed by atoms with Crippen LogP contribution in [0.15, 0.2) is 35.3 Å². The first-order valence-corrected chi connectivity index (χ1v) is 8.80. The molecule has 3 amide bonds. The highest BCUT2D eigenvalue weighted by Gasteiger charge is 2.49. The molecular formula is C18H25N5O3. The van der Waals surface area contributed by atoms with Gasteiger partial charge in [-0.25, -0.2) is 4.79 Å². The molecule has 2 aliphatic rings. The summed E-state index contributed by atoms with van der Waals surface area (Å²) in [6.45, 7) is 1.66. The second-order valence-corrected chi connectivity index (χ2v) is 6.42. The Morgan fingerprint density at radius 3 is 2.73 bits per heavy atom. The van der Waals surface area contributed by atoms with Gasteiger partial charge in [-0.15, -0.1) is 0 Å². The second-order valence-electron chi connectivity index (χ2n) is 6.42. The molecule has 26 heavy (non-hydrogen) atoms. The Balaban J connectivity index is 1.72. The lowest BCUT2D eigenvalue weighted by Gasteiger charge is -2.35. The third-order valence-corrected chi connectivity index (χ3v) is 4.68. The minimum Gasteiger partial charge on any atom is -0.383 e. The van der Waals surface area contributed by atoms with Gasteiger partial charge in [0.25, 0.3) is 5.91 Å². The molecule has 0 spiro atoms. The van der Waals surface area contributed by atoms with Crippen LogP contribution in [-0.4, -0.2) is 73.8 Å². The summed E-state index contributed by atoms with van der Waals surface area (Å²) in [7, 11) is 3.30.